The Morgan fingerprint density at radius 1 is 1.50 bits per heavy atom. The summed E-state index contributed by atoms with van der Waals surface area (Å²) in [5.41, 5.74) is 1.57. The van der Waals surface area contributed by atoms with E-state index >= 15 is 0 Å². The number of hydrogen-bond acceptors (Lipinski definition) is 2. The molecule has 16 heavy (non-hydrogen) atoms. The minimum Gasteiger partial charge on any atom is -0.374 e. The maximum absolute atomic E-state index is 13.0. The van der Waals surface area contributed by atoms with E-state index in [1.165, 1.54) is 12.1 Å². The predicted molar refractivity (Wildman–Crippen MR) is 62.9 cm³/mol. The van der Waals surface area contributed by atoms with Crippen LogP contribution in [0.25, 0.3) is 0 Å². The summed E-state index contributed by atoms with van der Waals surface area (Å²) in [6.45, 7) is 6.06. The molecule has 0 fully saturated rings. The molecule has 1 rings (SSSR count). The summed E-state index contributed by atoms with van der Waals surface area (Å²) in [6, 6.07) is 4.10. The zero-order chi connectivity index (χ0) is 12.1. The van der Waals surface area contributed by atoms with Crippen molar-refractivity contribution in [3.8, 4) is 0 Å². The van der Waals surface area contributed by atoms with Gasteiger partial charge in [-0.3, -0.25) is 4.79 Å². The third-order valence-corrected chi connectivity index (χ3v) is 2.32. The number of amides is 1. The fraction of sp³-hybridized carbons (Fsp3) is 0.417. The summed E-state index contributed by atoms with van der Waals surface area (Å²) in [4.78, 5) is 11.5. The average Bonchev–Trinajstić information content (AvgIpc) is 2.23. The van der Waals surface area contributed by atoms with E-state index in [9.17, 15) is 9.18 Å². The van der Waals surface area contributed by atoms with Crippen LogP contribution in [0.5, 0.6) is 0 Å². The van der Waals surface area contributed by atoms with Crippen molar-refractivity contribution >= 4 is 11.6 Å². The number of likely N-dealkylation sites (N-methyl/N-ethyl adjacent to an activating group) is 1. The molecule has 3 nitrogen and oxygen atoms in total. The molecular formula is C12H17FN2O. The number of anilines is 1. The van der Waals surface area contributed by atoms with Crippen molar-refractivity contribution in [1.82, 2.24) is 5.32 Å². The van der Waals surface area contributed by atoms with Gasteiger partial charge in [0.1, 0.15) is 11.9 Å². The van der Waals surface area contributed by atoms with Crippen molar-refractivity contribution in [2.75, 3.05) is 11.9 Å². The molecule has 2 N–H and O–H groups in total. The van der Waals surface area contributed by atoms with Crippen molar-refractivity contribution in [3.63, 3.8) is 0 Å². The number of carbonyl (C=O) groups excluding carboxylic acids is 1. The van der Waals surface area contributed by atoms with Gasteiger partial charge >= 0.3 is 0 Å². The van der Waals surface area contributed by atoms with Crippen LogP contribution in [0.4, 0.5) is 10.1 Å². The second-order valence-corrected chi connectivity index (χ2v) is 3.72. The summed E-state index contributed by atoms with van der Waals surface area (Å²) in [5, 5.41) is 5.69. The van der Waals surface area contributed by atoms with Crippen LogP contribution in [0.1, 0.15) is 19.4 Å². The molecular weight excluding hydrogens is 207 g/mol. The van der Waals surface area contributed by atoms with Crippen LogP contribution in [-0.2, 0) is 4.79 Å². The lowest BCUT2D eigenvalue weighted by molar-refractivity contribution is -0.121. The first kappa shape index (κ1) is 12.5. The van der Waals surface area contributed by atoms with Crippen LogP contribution in [0, 0.1) is 12.7 Å². The number of aryl methyl sites for hydroxylation is 1. The number of hydrogen-bond donors (Lipinski definition) is 2. The Labute approximate surface area is 95.0 Å². The summed E-state index contributed by atoms with van der Waals surface area (Å²) in [6.07, 6.45) is 0. The van der Waals surface area contributed by atoms with E-state index in [4.69, 9.17) is 0 Å². The van der Waals surface area contributed by atoms with Crippen LogP contribution in [-0.4, -0.2) is 18.5 Å². The summed E-state index contributed by atoms with van der Waals surface area (Å²) < 4.78 is 13.0. The van der Waals surface area contributed by atoms with Gasteiger partial charge in [-0.25, -0.2) is 4.39 Å². The number of carbonyl (C=O) groups is 1. The quantitative estimate of drug-likeness (QED) is 0.822. The van der Waals surface area contributed by atoms with E-state index in [1.54, 1.807) is 13.0 Å². The number of rotatable bonds is 4. The highest BCUT2D eigenvalue weighted by Crippen LogP contribution is 2.16. The topological polar surface area (TPSA) is 41.1 Å². The van der Waals surface area contributed by atoms with E-state index in [2.05, 4.69) is 10.6 Å². The third kappa shape index (κ3) is 3.22. The van der Waals surface area contributed by atoms with Crippen LogP contribution in [0.3, 0.4) is 0 Å². The standard InChI is InChI=1S/C12H17FN2O/c1-4-14-12(16)9(3)15-11-7-10(13)6-5-8(11)2/h5-7,9,15H,4H2,1-3H3,(H,14,16). The van der Waals surface area contributed by atoms with E-state index in [1.807, 2.05) is 13.8 Å². The summed E-state index contributed by atoms with van der Waals surface area (Å²) >= 11 is 0. The van der Waals surface area contributed by atoms with Crippen molar-refractivity contribution in [3.05, 3.63) is 29.6 Å². The van der Waals surface area contributed by atoms with E-state index in [-0.39, 0.29) is 17.8 Å². The highest BCUT2D eigenvalue weighted by Gasteiger charge is 2.12. The molecule has 1 aromatic carbocycles. The van der Waals surface area contributed by atoms with E-state index in [0.29, 0.717) is 12.2 Å². The minimum absolute atomic E-state index is 0.0915. The lowest BCUT2D eigenvalue weighted by Crippen LogP contribution is -2.37. The van der Waals surface area contributed by atoms with Crippen molar-refractivity contribution < 1.29 is 9.18 Å². The SMILES string of the molecule is CCNC(=O)C(C)Nc1cc(F)ccc1C. The average molecular weight is 224 g/mol. The van der Waals surface area contributed by atoms with Gasteiger partial charge in [-0.1, -0.05) is 6.07 Å². The van der Waals surface area contributed by atoms with Gasteiger partial charge in [-0.2, -0.15) is 0 Å². The first-order valence-electron chi connectivity index (χ1n) is 5.35. The molecule has 88 valence electrons. The van der Waals surface area contributed by atoms with E-state index < -0.39 is 0 Å². The Kier molecular flexibility index (Phi) is 4.28. The minimum atomic E-state index is -0.375. The molecule has 0 radical (unpaired) electrons. The molecule has 1 amide bonds. The van der Waals surface area contributed by atoms with E-state index in [0.717, 1.165) is 5.56 Å². The first-order valence-corrected chi connectivity index (χ1v) is 5.35. The molecule has 1 unspecified atom stereocenters. The van der Waals surface area contributed by atoms with Crippen LogP contribution in [0.2, 0.25) is 0 Å². The molecule has 0 aromatic heterocycles. The number of nitrogens with one attached hydrogen (secondary N) is 2. The van der Waals surface area contributed by atoms with Gasteiger partial charge in [-0.05, 0) is 38.5 Å². The Balaban J connectivity index is 2.72. The Morgan fingerprint density at radius 2 is 2.19 bits per heavy atom. The molecule has 0 bridgehead atoms. The zero-order valence-corrected chi connectivity index (χ0v) is 9.80. The van der Waals surface area contributed by atoms with Crippen molar-refractivity contribution in [2.45, 2.75) is 26.8 Å². The molecule has 0 spiro atoms. The highest BCUT2D eigenvalue weighted by atomic mass is 19.1. The molecule has 4 heteroatoms. The molecule has 0 aliphatic carbocycles. The normalized spacial score (nSPS) is 12.0. The molecule has 1 aromatic rings. The summed E-state index contributed by atoms with van der Waals surface area (Å²) in [7, 11) is 0. The van der Waals surface area contributed by atoms with Gasteiger partial charge < -0.3 is 10.6 Å². The fourth-order valence-corrected chi connectivity index (χ4v) is 1.38. The van der Waals surface area contributed by atoms with Gasteiger partial charge in [0, 0.05) is 12.2 Å². The molecule has 1 atom stereocenters. The molecule has 0 saturated heterocycles. The third-order valence-electron chi connectivity index (χ3n) is 2.32. The molecule has 0 heterocycles. The highest BCUT2D eigenvalue weighted by molar-refractivity contribution is 5.84. The number of halogens is 1. The molecule has 0 saturated carbocycles. The van der Waals surface area contributed by atoms with Crippen LogP contribution < -0.4 is 10.6 Å². The lowest BCUT2D eigenvalue weighted by atomic mass is 10.1. The van der Waals surface area contributed by atoms with Crippen molar-refractivity contribution in [1.29, 1.82) is 0 Å². The second-order valence-electron chi connectivity index (χ2n) is 3.72. The zero-order valence-electron chi connectivity index (χ0n) is 9.80. The largest absolute Gasteiger partial charge is 0.374 e. The molecule has 0 aliphatic heterocycles. The maximum atomic E-state index is 13.0. The molecule has 0 aliphatic rings. The Morgan fingerprint density at radius 3 is 2.81 bits per heavy atom. The van der Waals surface area contributed by atoms with Crippen LogP contribution in [0.15, 0.2) is 18.2 Å². The second kappa shape index (κ2) is 5.49. The smallest absolute Gasteiger partial charge is 0.242 e. The maximum Gasteiger partial charge on any atom is 0.242 e. The number of benzene rings is 1. The van der Waals surface area contributed by atoms with Gasteiger partial charge in [0.05, 0.1) is 0 Å². The van der Waals surface area contributed by atoms with Gasteiger partial charge in [-0.15, -0.1) is 0 Å². The van der Waals surface area contributed by atoms with Gasteiger partial charge in [0.15, 0.2) is 0 Å². The predicted octanol–water partition coefficient (Wildman–Crippen LogP) is 2.07. The lowest BCUT2D eigenvalue weighted by Gasteiger charge is -2.16. The van der Waals surface area contributed by atoms with Crippen molar-refractivity contribution in [2.24, 2.45) is 0 Å². The Hall–Kier alpha value is -1.58. The fourth-order valence-electron chi connectivity index (χ4n) is 1.38. The van der Waals surface area contributed by atoms with Gasteiger partial charge in [0.25, 0.3) is 0 Å². The monoisotopic (exact) mass is 224 g/mol. The van der Waals surface area contributed by atoms with Crippen LogP contribution >= 0.6 is 0 Å². The first-order chi connectivity index (χ1) is 7.54. The van der Waals surface area contributed by atoms with Gasteiger partial charge in [0.2, 0.25) is 5.91 Å². The summed E-state index contributed by atoms with van der Waals surface area (Å²) in [5.74, 6) is -0.401. The Bertz CT molecular complexity index is 379.